The van der Waals surface area contributed by atoms with Crippen LogP contribution in [-0.4, -0.2) is 16.7 Å². The van der Waals surface area contributed by atoms with Crippen molar-refractivity contribution < 1.29 is 9.18 Å². The van der Waals surface area contributed by atoms with Crippen molar-refractivity contribution in [1.82, 2.24) is 9.88 Å². The summed E-state index contributed by atoms with van der Waals surface area (Å²) in [7, 11) is 0. The van der Waals surface area contributed by atoms with Crippen molar-refractivity contribution in [2.45, 2.75) is 38.8 Å². The van der Waals surface area contributed by atoms with Crippen LogP contribution in [0.1, 0.15) is 50.3 Å². The van der Waals surface area contributed by atoms with Crippen LogP contribution in [-0.2, 0) is 25.9 Å². The lowest BCUT2D eigenvalue weighted by atomic mass is 9.95. The summed E-state index contributed by atoms with van der Waals surface area (Å²) in [6, 6.07) is 24.9. The van der Waals surface area contributed by atoms with Crippen LogP contribution in [0.25, 0.3) is 10.9 Å². The summed E-state index contributed by atoms with van der Waals surface area (Å²) in [5, 5.41) is 4.91. The van der Waals surface area contributed by atoms with Gasteiger partial charge in [0.05, 0.1) is 12.1 Å². The van der Waals surface area contributed by atoms with E-state index in [2.05, 4.69) is 16.0 Å². The average molecular weight is 522 g/mol. The van der Waals surface area contributed by atoms with Crippen molar-refractivity contribution in [2.24, 2.45) is 4.99 Å². The van der Waals surface area contributed by atoms with Crippen LogP contribution in [0, 0.1) is 5.82 Å². The molecule has 1 aliphatic rings. The van der Waals surface area contributed by atoms with Gasteiger partial charge in [-0.15, -0.1) is 11.3 Å². The average Bonchev–Trinajstić information content (AvgIpc) is 3.50. The van der Waals surface area contributed by atoms with E-state index in [1.807, 2.05) is 73.1 Å². The van der Waals surface area contributed by atoms with E-state index in [0.29, 0.717) is 24.2 Å². The van der Waals surface area contributed by atoms with Crippen LogP contribution in [0.2, 0.25) is 0 Å². The van der Waals surface area contributed by atoms with Crippen molar-refractivity contribution in [2.75, 3.05) is 0 Å². The molecule has 0 aliphatic heterocycles. The van der Waals surface area contributed by atoms with E-state index >= 15 is 0 Å². The molecule has 4 nitrogen and oxygen atoms in total. The minimum absolute atomic E-state index is 0.0672. The molecule has 0 saturated heterocycles. The molecular weight excluding hydrogens is 493 g/mol. The van der Waals surface area contributed by atoms with Crippen LogP contribution in [0.4, 0.5) is 9.39 Å². The fraction of sp³-hybridized carbons (Fsp3) is 0.188. The normalized spacial score (nSPS) is 13.2. The Labute approximate surface area is 225 Å². The number of nitrogens with zero attached hydrogens (tertiary/aromatic N) is 2. The van der Waals surface area contributed by atoms with Gasteiger partial charge in [-0.2, -0.15) is 0 Å². The third-order valence-electron chi connectivity index (χ3n) is 7.11. The zero-order valence-electron chi connectivity index (χ0n) is 21.0. The predicted molar refractivity (Wildman–Crippen MR) is 153 cm³/mol. The first kappa shape index (κ1) is 24.3. The number of amides is 1. The van der Waals surface area contributed by atoms with E-state index in [9.17, 15) is 9.18 Å². The van der Waals surface area contributed by atoms with E-state index in [1.54, 1.807) is 17.4 Å². The minimum Gasteiger partial charge on any atom is -0.348 e. The van der Waals surface area contributed by atoms with Crippen molar-refractivity contribution in [1.29, 1.82) is 0 Å². The number of aromatic nitrogens is 1. The van der Waals surface area contributed by atoms with Crippen LogP contribution in [0.5, 0.6) is 0 Å². The molecule has 38 heavy (non-hydrogen) atoms. The Morgan fingerprint density at radius 3 is 2.61 bits per heavy atom. The number of benzene rings is 3. The Morgan fingerprint density at radius 1 is 0.974 bits per heavy atom. The van der Waals surface area contributed by atoms with Gasteiger partial charge in [-0.25, -0.2) is 9.38 Å². The number of carbonyl (C=O) groups is 1. The molecule has 2 aromatic heterocycles. The zero-order valence-corrected chi connectivity index (χ0v) is 21.8. The summed E-state index contributed by atoms with van der Waals surface area (Å²) in [5.41, 5.74) is 5.54. The number of aryl methyl sites for hydroxylation is 1. The van der Waals surface area contributed by atoms with Crippen molar-refractivity contribution >= 4 is 39.4 Å². The third kappa shape index (κ3) is 4.92. The minimum atomic E-state index is -0.212. The quantitative estimate of drug-likeness (QED) is 0.222. The van der Waals surface area contributed by atoms with Gasteiger partial charge in [-0.3, -0.25) is 4.79 Å². The van der Waals surface area contributed by atoms with Crippen molar-refractivity contribution in [3.8, 4) is 0 Å². The number of hydrogen-bond acceptors (Lipinski definition) is 3. The standard InChI is InChI=1S/C32H28FN3OS/c33-27-15-7-4-12-23(27)20-36-21-24(25-13-5-8-16-28(25)36)19-35-32-30(26-14-6-9-17-29(26)38-32)31(37)34-18-22-10-2-1-3-11-22/h1-5,7-8,10-13,15-16,19,21H,6,9,14,17-18,20H2,(H,34,37)/b35-19+. The SMILES string of the molecule is O=C(NCc1ccccc1)c1c(/N=C/c2cn(Cc3ccccc3F)c3ccccc23)sc2c1CCCC2. The van der Waals surface area contributed by atoms with Gasteiger partial charge in [-0.05, 0) is 48.9 Å². The smallest absolute Gasteiger partial charge is 0.254 e. The van der Waals surface area contributed by atoms with Gasteiger partial charge >= 0.3 is 0 Å². The second-order valence-electron chi connectivity index (χ2n) is 9.64. The van der Waals surface area contributed by atoms with E-state index in [1.165, 1.54) is 10.9 Å². The Hall–Kier alpha value is -4.03. The number of aliphatic imine (C=N–C) groups is 1. The predicted octanol–water partition coefficient (Wildman–Crippen LogP) is 7.45. The maximum Gasteiger partial charge on any atom is 0.254 e. The molecule has 0 unspecified atom stereocenters. The number of carbonyl (C=O) groups excluding carboxylic acids is 1. The Bertz CT molecular complexity index is 1630. The van der Waals surface area contributed by atoms with E-state index in [0.717, 1.165) is 58.3 Å². The van der Waals surface area contributed by atoms with Gasteiger partial charge in [0.2, 0.25) is 0 Å². The van der Waals surface area contributed by atoms with Crippen LogP contribution in [0.15, 0.2) is 90.1 Å². The van der Waals surface area contributed by atoms with Crippen LogP contribution >= 0.6 is 11.3 Å². The highest BCUT2D eigenvalue weighted by Crippen LogP contribution is 2.40. The molecule has 6 heteroatoms. The highest BCUT2D eigenvalue weighted by atomic mass is 32.1. The number of halogens is 1. The van der Waals surface area contributed by atoms with Crippen molar-refractivity contribution in [3.05, 3.63) is 124 Å². The lowest BCUT2D eigenvalue weighted by Gasteiger charge is -2.12. The number of fused-ring (bicyclic) bond motifs is 2. The number of thiophene rings is 1. The lowest BCUT2D eigenvalue weighted by molar-refractivity contribution is 0.0951. The highest BCUT2D eigenvalue weighted by Gasteiger charge is 2.25. The number of para-hydroxylation sites is 1. The maximum atomic E-state index is 14.4. The van der Waals surface area contributed by atoms with Gasteiger partial charge in [-0.1, -0.05) is 66.7 Å². The topological polar surface area (TPSA) is 46.4 Å². The summed E-state index contributed by atoms with van der Waals surface area (Å²) in [6.45, 7) is 0.915. The lowest BCUT2D eigenvalue weighted by Crippen LogP contribution is -2.24. The molecule has 1 amide bonds. The molecule has 0 atom stereocenters. The molecule has 0 radical (unpaired) electrons. The molecule has 190 valence electrons. The summed E-state index contributed by atoms with van der Waals surface area (Å²) in [6.07, 6.45) is 8.02. The number of nitrogens with one attached hydrogen (secondary N) is 1. The maximum absolute atomic E-state index is 14.4. The second-order valence-corrected chi connectivity index (χ2v) is 10.7. The van der Waals surface area contributed by atoms with Gasteiger partial charge in [0.1, 0.15) is 10.8 Å². The largest absolute Gasteiger partial charge is 0.348 e. The zero-order chi connectivity index (χ0) is 25.9. The summed E-state index contributed by atoms with van der Waals surface area (Å²) < 4.78 is 16.4. The Balaban J connectivity index is 1.33. The molecule has 5 aromatic rings. The molecule has 6 rings (SSSR count). The first-order valence-corrected chi connectivity index (χ1v) is 13.8. The summed E-state index contributed by atoms with van der Waals surface area (Å²) in [5.74, 6) is -0.279. The fourth-order valence-corrected chi connectivity index (χ4v) is 6.42. The second kappa shape index (κ2) is 10.8. The molecule has 0 saturated carbocycles. The molecular formula is C32H28FN3OS. The Kier molecular flexibility index (Phi) is 6.88. The van der Waals surface area contributed by atoms with E-state index < -0.39 is 0 Å². The molecule has 1 aliphatic carbocycles. The fourth-order valence-electron chi connectivity index (χ4n) is 5.19. The number of hydrogen-bond donors (Lipinski definition) is 1. The molecule has 0 fully saturated rings. The highest BCUT2D eigenvalue weighted by molar-refractivity contribution is 7.16. The molecule has 0 bridgehead atoms. The molecule has 0 spiro atoms. The van der Waals surface area contributed by atoms with Gasteiger partial charge in [0.25, 0.3) is 5.91 Å². The van der Waals surface area contributed by atoms with Gasteiger partial charge in [0.15, 0.2) is 0 Å². The van der Waals surface area contributed by atoms with E-state index in [4.69, 9.17) is 4.99 Å². The monoisotopic (exact) mass is 521 g/mol. The van der Waals surface area contributed by atoms with Gasteiger partial charge in [0, 0.05) is 45.9 Å². The van der Waals surface area contributed by atoms with Crippen molar-refractivity contribution in [3.63, 3.8) is 0 Å². The van der Waals surface area contributed by atoms with Crippen LogP contribution < -0.4 is 5.32 Å². The summed E-state index contributed by atoms with van der Waals surface area (Å²) >= 11 is 1.63. The first-order valence-electron chi connectivity index (χ1n) is 13.0. The first-order chi connectivity index (χ1) is 18.7. The third-order valence-corrected chi connectivity index (χ3v) is 8.31. The molecule has 2 heterocycles. The Morgan fingerprint density at radius 2 is 1.74 bits per heavy atom. The van der Waals surface area contributed by atoms with Gasteiger partial charge < -0.3 is 9.88 Å². The van der Waals surface area contributed by atoms with E-state index in [-0.39, 0.29) is 11.7 Å². The summed E-state index contributed by atoms with van der Waals surface area (Å²) in [4.78, 5) is 19.6. The molecule has 1 N–H and O–H groups in total. The number of rotatable bonds is 7. The molecule has 3 aromatic carbocycles. The van der Waals surface area contributed by atoms with Crippen LogP contribution in [0.3, 0.4) is 0 Å².